The standard InChI is InChI=1S/C12H11N3O3/c13-4-5-14-11(17)8-6-7-9(15-12(8)18)2-1-3-10(7)16/h6H,1-3,5H2,(H,14,17)(H,15,18). The highest BCUT2D eigenvalue weighted by Gasteiger charge is 2.21. The number of hydrogen-bond donors (Lipinski definition) is 2. The molecule has 0 unspecified atom stereocenters. The van der Waals surface area contributed by atoms with Gasteiger partial charge in [-0.05, 0) is 18.9 Å². The Morgan fingerprint density at radius 1 is 1.44 bits per heavy atom. The Labute approximate surface area is 103 Å². The SMILES string of the molecule is N#CCNC(=O)c1cc2c([nH]c1=O)CCCC2=O. The van der Waals surface area contributed by atoms with Crippen LogP contribution in [0.4, 0.5) is 0 Å². The molecule has 1 heterocycles. The van der Waals surface area contributed by atoms with Gasteiger partial charge in [0, 0.05) is 17.7 Å². The van der Waals surface area contributed by atoms with E-state index in [0.717, 1.165) is 0 Å². The summed E-state index contributed by atoms with van der Waals surface area (Å²) >= 11 is 0. The lowest BCUT2D eigenvalue weighted by atomic mass is 9.93. The van der Waals surface area contributed by atoms with E-state index < -0.39 is 11.5 Å². The van der Waals surface area contributed by atoms with Crippen LogP contribution in [-0.4, -0.2) is 23.2 Å². The van der Waals surface area contributed by atoms with Gasteiger partial charge in [-0.25, -0.2) is 0 Å². The predicted octanol–water partition coefficient (Wildman–Crippen LogP) is 0.147. The largest absolute Gasteiger partial charge is 0.339 e. The molecule has 0 aliphatic heterocycles. The van der Waals surface area contributed by atoms with Gasteiger partial charge < -0.3 is 10.3 Å². The number of nitrogens with zero attached hydrogens (tertiary/aromatic N) is 1. The Balaban J connectivity index is 2.41. The van der Waals surface area contributed by atoms with Crippen LogP contribution in [0.5, 0.6) is 0 Å². The summed E-state index contributed by atoms with van der Waals surface area (Å²) in [6.07, 6.45) is 1.77. The fourth-order valence-corrected chi connectivity index (χ4v) is 1.96. The van der Waals surface area contributed by atoms with Crippen molar-refractivity contribution in [2.45, 2.75) is 19.3 Å². The maximum atomic E-state index is 11.7. The van der Waals surface area contributed by atoms with Crippen LogP contribution < -0.4 is 10.9 Å². The molecule has 0 aromatic carbocycles. The summed E-state index contributed by atoms with van der Waals surface area (Å²) < 4.78 is 0. The van der Waals surface area contributed by atoms with Gasteiger partial charge in [-0.1, -0.05) is 0 Å². The van der Waals surface area contributed by atoms with Gasteiger partial charge in [0.1, 0.15) is 12.1 Å². The Bertz CT molecular complexity index is 610. The summed E-state index contributed by atoms with van der Waals surface area (Å²) in [7, 11) is 0. The Morgan fingerprint density at radius 3 is 2.94 bits per heavy atom. The number of Topliss-reactive ketones (excluding diaryl/α,β-unsaturated/α-hetero) is 1. The highest BCUT2D eigenvalue weighted by atomic mass is 16.2. The molecule has 6 nitrogen and oxygen atoms in total. The quantitative estimate of drug-likeness (QED) is 0.723. The van der Waals surface area contributed by atoms with Gasteiger partial charge in [0.05, 0.1) is 6.07 Å². The second kappa shape index (κ2) is 4.84. The second-order valence-corrected chi connectivity index (χ2v) is 4.02. The average molecular weight is 245 g/mol. The molecule has 92 valence electrons. The number of nitrogens with one attached hydrogen (secondary N) is 2. The normalized spacial score (nSPS) is 13.6. The fraction of sp³-hybridized carbons (Fsp3) is 0.333. The minimum Gasteiger partial charge on any atom is -0.339 e. The number of nitriles is 1. The number of pyridine rings is 1. The summed E-state index contributed by atoms with van der Waals surface area (Å²) in [6.45, 7) is -0.177. The highest BCUT2D eigenvalue weighted by Crippen LogP contribution is 2.18. The summed E-state index contributed by atoms with van der Waals surface area (Å²) in [4.78, 5) is 37.6. The predicted molar refractivity (Wildman–Crippen MR) is 62.3 cm³/mol. The van der Waals surface area contributed by atoms with Crippen molar-refractivity contribution in [3.8, 4) is 6.07 Å². The summed E-state index contributed by atoms with van der Waals surface area (Å²) in [5.74, 6) is -0.708. The van der Waals surface area contributed by atoms with E-state index in [9.17, 15) is 14.4 Å². The van der Waals surface area contributed by atoms with Crippen LogP contribution in [0.1, 0.15) is 39.3 Å². The molecule has 0 saturated carbocycles. The molecule has 18 heavy (non-hydrogen) atoms. The molecular formula is C12H11N3O3. The second-order valence-electron chi connectivity index (χ2n) is 4.02. The van der Waals surface area contributed by atoms with Crippen LogP contribution in [0, 0.1) is 11.3 Å². The van der Waals surface area contributed by atoms with Crippen molar-refractivity contribution in [3.63, 3.8) is 0 Å². The number of aryl methyl sites for hydroxylation is 1. The van der Waals surface area contributed by atoms with Crippen LogP contribution in [-0.2, 0) is 6.42 Å². The Morgan fingerprint density at radius 2 is 2.22 bits per heavy atom. The first-order valence-corrected chi connectivity index (χ1v) is 5.58. The monoisotopic (exact) mass is 245 g/mol. The van der Waals surface area contributed by atoms with Crippen molar-refractivity contribution in [3.05, 3.63) is 33.2 Å². The number of amides is 1. The van der Waals surface area contributed by atoms with Gasteiger partial charge in [-0.3, -0.25) is 14.4 Å². The molecular weight excluding hydrogens is 234 g/mol. The van der Waals surface area contributed by atoms with Gasteiger partial charge >= 0.3 is 0 Å². The molecule has 0 spiro atoms. The topological polar surface area (TPSA) is 103 Å². The molecule has 0 saturated heterocycles. The van der Waals surface area contributed by atoms with Gasteiger partial charge in [-0.15, -0.1) is 0 Å². The Hall–Kier alpha value is -2.42. The molecule has 1 aromatic heterocycles. The number of hydrogen-bond acceptors (Lipinski definition) is 4. The third-order valence-electron chi connectivity index (χ3n) is 2.83. The number of rotatable bonds is 2. The number of fused-ring (bicyclic) bond motifs is 1. The minimum atomic E-state index is -0.640. The molecule has 2 rings (SSSR count). The zero-order valence-electron chi connectivity index (χ0n) is 9.58. The van der Waals surface area contributed by atoms with Crippen molar-refractivity contribution in [2.24, 2.45) is 0 Å². The molecule has 1 amide bonds. The maximum absolute atomic E-state index is 11.7. The van der Waals surface area contributed by atoms with Gasteiger partial charge in [-0.2, -0.15) is 5.26 Å². The van der Waals surface area contributed by atoms with Crippen LogP contribution in [0.15, 0.2) is 10.9 Å². The van der Waals surface area contributed by atoms with E-state index in [-0.39, 0.29) is 17.9 Å². The van der Waals surface area contributed by atoms with Gasteiger partial charge in [0.15, 0.2) is 5.78 Å². The summed E-state index contributed by atoms with van der Waals surface area (Å²) in [5.41, 5.74) is 0.342. The van der Waals surface area contributed by atoms with Crippen molar-refractivity contribution in [1.82, 2.24) is 10.3 Å². The van der Waals surface area contributed by atoms with E-state index in [4.69, 9.17) is 5.26 Å². The van der Waals surface area contributed by atoms with E-state index >= 15 is 0 Å². The Kier molecular flexibility index (Phi) is 3.24. The molecule has 1 aliphatic rings. The van der Waals surface area contributed by atoms with Crippen LogP contribution in [0.2, 0.25) is 0 Å². The van der Waals surface area contributed by atoms with Crippen molar-refractivity contribution in [1.29, 1.82) is 5.26 Å². The number of carbonyl (C=O) groups is 2. The smallest absolute Gasteiger partial charge is 0.261 e. The molecule has 1 aliphatic carbocycles. The summed E-state index contributed by atoms with van der Waals surface area (Å²) in [5, 5.41) is 10.6. The number of aromatic nitrogens is 1. The number of aromatic amines is 1. The zero-order chi connectivity index (χ0) is 13.1. The lowest BCUT2D eigenvalue weighted by Crippen LogP contribution is -2.31. The maximum Gasteiger partial charge on any atom is 0.261 e. The molecule has 6 heteroatoms. The van der Waals surface area contributed by atoms with Crippen molar-refractivity contribution < 1.29 is 9.59 Å². The number of H-pyrrole nitrogens is 1. The lowest BCUT2D eigenvalue weighted by molar-refractivity contribution is 0.0957. The summed E-state index contributed by atoms with van der Waals surface area (Å²) in [6, 6.07) is 3.07. The average Bonchev–Trinajstić information content (AvgIpc) is 2.35. The molecule has 2 N–H and O–H groups in total. The van der Waals surface area contributed by atoms with Gasteiger partial charge in [0.2, 0.25) is 0 Å². The molecule has 0 fully saturated rings. The zero-order valence-corrected chi connectivity index (χ0v) is 9.58. The van der Waals surface area contributed by atoms with Gasteiger partial charge in [0.25, 0.3) is 11.5 Å². The first kappa shape index (κ1) is 12.0. The first-order valence-electron chi connectivity index (χ1n) is 5.58. The third-order valence-corrected chi connectivity index (χ3v) is 2.83. The van der Waals surface area contributed by atoms with Crippen LogP contribution in [0.3, 0.4) is 0 Å². The minimum absolute atomic E-state index is 0.0677. The van der Waals surface area contributed by atoms with E-state index in [1.165, 1.54) is 6.07 Å². The molecule has 0 atom stereocenters. The molecule has 1 aromatic rings. The van der Waals surface area contributed by atoms with Crippen LogP contribution in [0.25, 0.3) is 0 Å². The third kappa shape index (κ3) is 2.15. The fourth-order valence-electron chi connectivity index (χ4n) is 1.96. The van der Waals surface area contributed by atoms with Crippen molar-refractivity contribution in [2.75, 3.05) is 6.54 Å². The first-order chi connectivity index (χ1) is 8.63. The lowest BCUT2D eigenvalue weighted by Gasteiger charge is -2.14. The highest BCUT2D eigenvalue weighted by molar-refractivity contribution is 6.01. The molecule has 0 bridgehead atoms. The van der Waals surface area contributed by atoms with E-state index in [2.05, 4.69) is 10.3 Å². The van der Waals surface area contributed by atoms with Crippen molar-refractivity contribution >= 4 is 11.7 Å². The number of ketones is 1. The van der Waals surface area contributed by atoms with E-state index in [1.807, 2.05) is 0 Å². The number of carbonyl (C=O) groups excluding carboxylic acids is 2. The molecule has 0 radical (unpaired) electrons. The van der Waals surface area contributed by atoms with Crippen LogP contribution >= 0.6 is 0 Å². The van der Waals surface area contributed by atoms with E-state index in [0.29, 0.717) is 30.5 Å². The van der Waals surface area contributed by atoms with E-state index in [1.54, 1.807) is 6.07 Å².